The number of rotatable bonds is 8. The molecule has 0 amide bonds. The lowest BCUT2D eigenvalue weighted by Gasteiger charge is -2.09. The second-order valence-electron chi connectivity index (χ2n) is 6.07. The smallest absolute Gasteiger partial charge is 0.356 e. The number of ether oxygens (including phenoxy) is 2. The fraction of sp³-hybridized carbons (Fsp3) is 0.400. The first-order chi connectivity index (χ1) is 12.3. The largest absolute Gasteiger partial charge is 0.461 e. The maximum absolute atomic E-state index is 11.6. The highest BCUT2D eigenvalue weighted by Crippen LogP contribution is 2.18. The molecular weight excluding hydrogens is 318 g/mol. The fourth-order valence-corrected chi connectivity index (χ4v) is 2.85. The predicted octanol–water partition coefficient (Wildman–Crippen LogP) is 3.84. The van der Waals surface area contributed by atoms with Crippen molar-refractivity contribution in [3.05, 3.63) is 48.0 Å². The first-order valence-electron chi connectivity index (χ1n) is 8.71. The molecule has 2 aromatic rings. The van der Waals surface area contributed by atoms with Gasteiger partial charge in [-0.05, 0) is 42.2 Å². The van der Waals surface area contributed by atoms with E-state index in [0.717, 1.165) is 12.8 Å². The first kappa shape index (κ1) is 17.4. The van der Waals surface area contributed by atoms with E-state index in [4.69, 9.17) is 14.3 Å². The Kier molecular flexibility index (Phi) is 6.01. The summed E-state index contributed by atoms with van der Waals surface area (Å²) in [4.78, 5) is 16.8. The van der Waals surface area contributed by atoms with Crippen LogP contribution in [0.15, 0.2) is 47.6 Å². The van der Waals surface area contributed by atoms with Gasteiger partial charge in [-0.15, -0.1) is 0 Å². The fourth-order valence-electron chi connectivity index (χ4n) is 2.85. The van der Waals surface area contributed by atoms with Crippen LogP contribution in [-0.2, 0) is 25.7 Å². The SMILES string of the molecule is CCOC(=O)C1=NOC(CCCOCc2ccc3ccccc3c2)C1. The van der Waals surface area contributed by atoms with Crippen LogP contribution in [0.4, 0.5) is 0 Å². The van der Waals surface area contributed by atoms with Crippen molar-refractivity contribution < 1.29 is 19.1 Å². The van der Waals surface area contributed by atoms with Crippen LogP contribution >= 0.6 is 0 Å². The van der Waals surface area contributed by atoms with Crippen molar-refractivity contribution in [2.45, 2.75) is 38.9 Å². The number of hydrogen-bond acceptors (Lipinski definition) is 5. The Bertz CT molecular complexity index is 756. The molecule has 0 fully saturated rings. The summed E-state index contributed by atoms with van der Waals surface area (Å²) in [6.07, 6.45) is 2.14. The van der Waals surface area contributed by atoms with E-state index in [1.54, 1.807) is 6.92 Å². The second kappa shape index (κ2) is 8.62. The van der Waals surface area contributed by atoms with Crippen molar-refractivity contribution in [1.29, 1.82) is 0 Å². The summed E-state index contributed by atoms with van der Waals surface area (Å²) in [5, 5.41) is 6.28. The van der Waals surface area contributed by atoms with Gasteiger partial charge in [0, 0.05) is 13.0 Å². The number of carbonyl (C=O) groups excluding carboxylic acids is 1. The summed E-state index contributed by atoms with van der Waals surface area (Å²) in [6, 6.07) is 14.7. The van der Waals surface area contributed by atoms with Gasteiger partial charge in [-0.1, -0.05) is 41.6 Å². The Labute approximate surface area is 147 Å². The van der Waals surface area contributed by atoms with E-state index in [0.29, 0.717) is 32.0 Å². The molecule has 0 aliphatic carbocycles. The average molecular weight is 341 g/mol. The van der Waals surface area contributed by atoms with Crippen molar-refractivity contribution in [2.75, 3.05) is 13.2 Å². The molecule has 3 rings (SSSR count). The number of fused-ring (bicyclic) bond motifs is 1. The van der Waals surface area contributed by atoms with Crippen LogP contribution in [0.3, 0.4) is 0 Å². The lowest BCUT2D eigenvalue weighted by atomic mass is 10.1. The predicted molar refractivity (Wildman–Crippen MR) is 96.4 cm³/mol. The Hall–Kier alpha value is -2.40. The number of nitrogens with zero attached hydrogens (tertiary/aromatic N) is 1. The molecule has 0 bridgehead atoms. The van der Waals surface area contributed by atoms with Gasteiger partial charge in [0.15, 0.2) is 5.71 Å². The van der Waals surface area contributed by atoms with E-state index in [9.17, 15) is 4.79 Å². The number of esters is 1. The van der Waals surface area contributed by atoms with Crippen molar-refractivity contribution in [1.82, 2.24) is 0 Å². The normalized spacial score (nSPS) is 16.5. The van der Waals surface area contributed by atoms with Gasteiger partial charge in [0.25, 0.3) is 0 Å². The zero-order valence-electron chi connectivity index (χ0n) is 14.4. The zero-order chi connectivity index (χ0) is 17.5. The minimum Gasteiger partial charge on any atom is -0.461 e. The maximum atomic E-state index is 11.6. The van der Waals surface area contributed by atoms with Gasteiger partial charge in [-0.3, -0.25) is 0 Å². The molecule has 0 saturated carbocycles. The second-order valence-corrected chi connectivity index (χ2v) is 6.07. The van der Waals surface area contributed by atoms with E-state index in [1.165, 1.54) is 16.3 Å². The average Bonchev–Trinajstić information content (AvgIpc) is 3.10. The molecule has 0 aromatic heterocycles. The number of hydrogen-bond donors (Lipinski definition) is 0. The van der Waals surface area contributed by atoms with Gasteiger partial charge >= 0.3 is 5.97 Å². The summed E-state index contributed by atoms with van der Waals surface area (Å²) in [7, 11) is 0. The minimum absolute atomic E-state index is 0.0522. The van der Waals surface area contributed by atoms with Gasteiger partial charge < -0.3 is 14.3 Å². The van der Waals surface area contributed by atoms with E-state index < -0.39 is 0 Å². The Morgan fingerprint density at radius 1 is 1.24 bits per heavy atom. The van der Waals surface area contributed by atoms with E-state index in [-0.39, 0.29) is 12.1 Å². The van der Waals surface area contributed by atoms with Gasteiger partial charge in [0.2, 0.25) is 0 Å². The number of oxime groups is 1. The Balaban J connectivity index is 1.34. The molecule has 132 valence electrons. The van der Waals surface area contributed by atoms with E-state index >= 15 is 0 Å². The molecule has 5 heteroatoms. The van der Waals surface area contributed by atoms with Gasteiger partial charge in [0.05, 0.1) is 13.2 Å². The van der Waals surface area contributed by atoms with E-state index in [2.05, 4.69) is 35.5 Å². The Morgan fingerprint density at radius 2 is 2.08 bits per heavy atom. The van der Waals surface area contributed by atoms with Crippen molar-refractivity contribution >= 4 is 22.5 Å². The zero-order valence-corrected chi connectivity index (χ0v) is 14.4. The quantitative estimate of drug-likeness (QED) is 0.541. The van der Waals surface area contributed by atoms with Crippen LogP contribution in [0.2, 0.25) is 0 Å². The third kappa shape index (κ3) is 4.79. The molecule has 5 nitrogen and oxygen atoms in total. The molecule has 1 aliphatic heterocycles. The van der Waals surface area contributed by atoms with Crippen LogP contribution in [0.25, 0.3) is 10.8 Å². The summed E-state index contributed by atoms with van der Waals surface area (Å²) in [6.45, 7) is 3.38. The highest BCUT2D eigenvalue weighted by atomic mass is 16.6. The monoisotopic (exact) mass is 341 g/mol. The molecule has 1 heterocycles. The Morgan fingerprint density at radius 3 is 2.92 bits per heavy atom. The first-order valence-corrected chi connectivity index (χ1v) is 8.71. The lowest BCUT2D eigenvalue weighted by Crippen LogP contribution is -2.18. The summed E-state index contributed by atoms with van der Waals surface area (Å²) >= 11 is 0. The van der Waals surface area contributed by atoms with Crippen molar-refractivity contribution in [3.8, 4) is 0 Å². The molecule has 0 spiro atoms. The van der Waals surface area contributed by atoms with Crippen LogP contribution in [0.5, 0.6) is 0 Å². The highest BCUT2D eigenvalue weighted by molar-refractivity contribution is 6.36. The van der Waals surface area contributed by atoms with Crippen LogP contribution in [-0.4, -0.2) is 31.0 Å². The number of carbonyl (C=O) groups is 1. The molecule has 0 N–H and O–H groups in total. The molecule has 0 saturated heterocycles. The van der Waals surface area contributed by atoms with Crippen molar-refractivity contribution in [2.24, 2.45) is 5.16 Å². The standard InChI is InChI=1S/C20H23NO4/c1-2-24-20(22)19-13-18(25-21-19)8-5-11-23-14-15-9-10-16-6-3-4-7-17(16)12-15/h3-4,6-7,9-10,12,18H,2,5,8,11,13-14H2,1H3. The van der Waals surface area contributed by atoms with Gasteiger partial charge in [-0.2, -0.15) is 0 Å². The molecule has 1 unspecified atom stereocenters. The van der Waals surface area contributed by atoms with Gasteiger partial charge in [-0.25, -0.2) is 4.79 Å². The minimum atomic E-state index is -0.377. The van der Waals surface area contributed by atoms with Crippen LogP contribution in [0.1, 0.15) is 31.7 Å². The van der Waals surface area contributed by atoms with Crippen molar-refractivity contribution in [3.63, 3.8) is 0 Å². The topological polar surface area (TPSA) is 57.1 Å². The maximum Gasteiger partial charge on any atom is 0.356 e. The molecule has 2 aromatic carbocycles. The molecule has 0 radical (unpaired) electrons. The van der Waals surface area contributed by atoms with E-state index in [1.807, 2.05) is 12.1 Å². The third-order valence-corrected chi connectivity index (χ3v) is 4.14. The van der Waals surface area contributed by atoms with Crippen LogP contribution in [0, 0.1) is 0 Å². The molecule has 1 aliphatic rings. The molecule has 25 heavy (non-hydrogen) atoms. The summed E-state index contributed by atoms with van der Waals surface area (Å²) in [5.74, 6) is -0.377. The molecular formula is C20H23NO4. The molecule has 1 atom stereocenters. The number of benzene rings is 2. The summed E-state index contributed by atoms with van der Waals surface area (Å²) in [5.41, 5.74) is 1.55. The third-order valence-electron chi connectivity index (χ3n) is 4.14. The van der Waals surface area contributed by atoms with Gasteiger partial charge in [0.1, 0.15) is 6.10 Å². The lowest BCUT2D eigenvalue weighted by molar-refractivity contribution is -0.135. The summed E-state index contributed by atoms with van der Waals surface area (Å²) < 4.78 is 10.7. The highest BCUT2D eigenvalue weighted by Gasteiger charge is 2.26. The van der Waals surface area contributed by atoms with Crippen LogP contribution < -0.4 is 0 Å².